The highest BCUT2D eigenvalue weighted by atomic mass is 19.3. The number of aryl methyl sites for hydroxylation is 1. The minimum Gasteiger partial charge on any atom is -0.434 e. The van der Waals surface area contributed by atoms with Gasteiger partial charge in [-0.15, -0.1) is 0 Å². The molecule has 3 rings (SSSR count). The number of anilines is 1. The SMILES string of the molecule is O=C(c1ccccc1OC(F)F)N1CCCc2cc(F)c(F)cc21. The monoisotopic (exact) mass is 339 g/mol. The lowest BCUT2D eigenvalue weighted by Gasteiger charge is -2.30. The molecule has 0 saturated carbocycles. The number of rotatable bonds is 3. The summed E-state index contributed by atoms with van der Waals surface area (Å²) in [6.45, 7) is -2.79. The van der Waals surface area contributed by atoms with Crippen molar-refractivity contribution in [2.24, 2.45) is 0 Å². The van der Waals surface area contributed by atoms with Crippen LogP contribution in [0.3, 0.4) is 0 Å². The maximum absolute atomic E-state index is 13.6. The van der Waals surface area contributed by atoms with Crippen molar-refractivity contribution in [3.63, 3.8) is 0 Å². The Bertz CT molecular complexity index is 779. The number of ether oxygens (including phenoxy) is 1. The summed E-state index contributed by atoms with van der Waals surface area (Å²) in [7, 11) is 0. The van der Waals surface area contributed by atoms with E-state index in [0.717, 1.165) is 12.1 Å². The van der Waals surface area contributed by atoms with Crippen molar-refractivity contribution in [3.8, 4) is 5.75 Å². The largest absolute Gasteiger partial charge is 0.434 e. The number of alkyl halides is 2. The predicted molar refractivity (Wildman–Crippen MR) is 79.4 cm³/mol. The number of amides is 1. The van der Waals surface area contributed by atoms with Crippen molar-refractivity contribution in [3.05, 3.63) is 59.2 Å². The van der Waals surface area contributed by atoms with Crippen molar-refractivity contribution in [2.45, 2.75) is 19.5 Å². The Morgan fingerprint density at radius 2 is 1.83 bits per heavy atom. The summed E-state index contributed by atoms with van der Waals surface area (Å²) in [6, 6.07) is 7.61. The normalized spacial score (nSPS) is 13.8. The van der Waals surface area contributed by atoms with Crippen molar-refractivity contribution >= 4 is 11.6 Å². The number of benzene rings is 2. The lowest BCUT2D eigenvalue weighted by Crippen LogP contribution is -2.36. The van der Waals surface area contributed by atoms with Gasteiger partial charge in [0.05, 0.1) is 11.3 Å². The fourth-order valence-corrected chi connectivity index (χ4v) is 2.78. The van der Waals surface area contributed by atoms with Gasteiger partial charge in [-0.1, -0.05) is 12.1 Å². The van der Waals surface area contributed by atoms with E-state index >= 15 is 0 Å². The Labute approximate surface area is 135 Å². The van der Waals surface area contributed by atoms with E-state index in [0.29, 0.717) is 18.4 Å². The molecule has 0 bridgehead atoms. The van der Waals surface area contributed by atoms with Crippen molar-refractivity contribution in [1.29, 1.82) is 0 Å². The van der Waals surface area contributed by atoms with Gasteiger partial charge in [-0.2, -0.15) is 8.78 Å². The Hall–Kier alpha value is -2.57. The topological polar surface area (TPSA) is 29.5 Å². The standard InChI is InChI=1S/C17H13F4NO2/c18-12-8-10-4-3-7-22(14(10)9-13(12)19)16(23)11-5-1-2-6-15(11)24-17(20)21/h1-2,5-6,8-9,17H,3-4,7H2. The third-order valence-electron chi connectivity index (χ3n) is 3.82. The third-order valence-corrected chi connectivity index (χ3v) is 3.82. The molecular weight excluding hydrogens is 326 g/mol. The molecule has 0 unspecified atom stereocenters. The summed E-state index contributed by atoms with van der Waals surface area (Å²) in [5.74, 6) is -2.90. The first-order chi connectivity index (χ1) is 11.5. The van der Waals surface area contributed by atoms with E-state index in [4.69, 9.17) is 0 Å². The van der Waals surface area contributed by atoms with Crippen LogP contribution in [-0.2, 0) is 6.42 Å². The molecule has 24 heavy (non-hydrogen) atoms. The predicted octanol–water partition coefficient (Wildman–Crippen LogP) is 4.16. The van der Waals surface area contributed by atoms with Crippen LogP contribution >= 0.6 is 0 Å². The minimum absolute atomic E-state index is 0.0598. The minimum atomic E-state index is -3.07. The summed E-state index contributed by atoms with van der Waals surface area (Å²) in [6.07, 6.45) is 1.06. The lowest BCUT2D eigenvalue weighted by molar-refractivity contribution is -0.0501. The second-order valence-electron chi connectivity index (χ2n) is 5.33. The molecular formula is C17H13F4NO2. The quantitative estimate of drug-likeness (QED) is 0.786. The van der Waals surface area contributed by atoms with Crippen LogP contribution in [0.15, 0.2) is 36.4 Å². The van der Waals surface area contributed by atoms with Crippen molar-refractivity contribution in [2.75, 3.05) is 11.4 Å². The molecule has 0 spiro atoms. The summed E-state index contributed by atoms with van der Waals surface area (Å²) in [4.78, 5) is 14.0. The van der Waals surface area contributed by atoms with Crippen LogP contribution in [0.2, 0.25) is 0 Å². The molecule has 0 fully saturated rings. The van der Waals surface area contributed by atoms with Crippen LogP contribution in [-0.4, -0.2) is 19.1 Å². The molecule has 1 heterocycles. The third kappa shape index (κ3) is 3.06. The van der Waals surface area contributed by atoms with Gasteiger partial charge in [0.25, 0.3) is 5.91 Å². The Morgan fingerprint density at radius 1 is 1.12 bits per heavy atom. The molecule has 0 radical (unpaired) electrons. The van der Waals surface area contributed by atoms with E-state index in [2.05, 4.69) is 4.74 Å². The number of para-hydroxylation sites is 1. The van der Waals surface area contributed by atoms with Crippen molar-refractivity contribution < 1.29 is 27.1 Å². The van der Waals surface area contributed by atoms with Crippen LogP contribution in [0.1, 0.15) is 22.3 Å². The Balaban J connectivity index is 2.00. The maximum atomic E-state index is 13.6. The number of nitrogens with zero attached hydrogens (tertiary/aromatic N) is 1. The van der Waals surface area contributed by atoms with Crippen LogP contribution in [0, 0.1) is 11.6 Å². The Kier molecular flexibility index (Phi) is 4.42. The zero-order chi connectivity index (χ0) is 17.3. The van der Waals surface area contributed by atoms with E-state index in [9.17, 15) is 22.4 Å². The molecule has 126 valence electrons. The maximum Gasteiger partial charge on any atom is 0.387 e. The second-order valence-corrected chi connectivity index (χ2v) is 5.33. The van der Waals surface area contributed by atoms with E-state index < -0.39 is 24.2 Å². The number of hydrogen-bond donors (Lipinski definition) is 0. The lowest BCUT2D eigenvalue weighted by atomic mass is 10.00. The van der Waals surface area contributed by atoms with Gasteiger partial charge in [-0.25, -0.2) is 8.78 Å². The van der Waals surface area contributed by atoms with E-state index in [1.807, 2.05) is 0 Å². The van der Waals surface area contributed by atoms with Crippen LogP contribution < -0.4 is 9.64 Å². The summed E-state index contributed by atoms with van der Waals surface area (Å²) in [5.41, 5.74) is 0.688. The number of halogens is 4. The van der Waals surface area contributed by atoms with E-state index in [1.165, 1.54) is 29.2 Å². The van der Waals surface area contributed by atoms with E-state index in [1.54, 1.807) is 0 Å². The molecule has 0 aliphatic carbocycles. The number of carbonyl (C=O) groups excluding carboxylic acids is 1. The molecule has 1 aliphatic heterocycles. The molecule has 0 saturated heterocycles. The van der Waals surface area contributed by atoms with Gasteiger partial charge in [0.1, 0.15) is 5.75 Å². The average Bonchev–Trinajstić information content (AvgIpc) is 2.55. The summed E-state index contributed by atoms with van der Waals surface area (Å²) >= 11 is 0. The fraction of sp³-hybridized carbons (Fsp3) is 0.235. The number of carbonyl (C=O) groups is 1. The average molecular weight is 339 g/mol. The first-order valence-electron chi connectivity index (χ1n) is 7.31. The smallest absolute Gasteiger partial charge is 0.387 e. The van der Waals surface area contributed by atoms with Crippen LogP contribution in [0.5, 0.6) is 5.75 Å². The Morgan fingerprint density at radius 3 is 2.58 bits per heavy atom. The van der Waals surface area contributed by atoms with Gasteiger partial charge in [-0.05, 0) is 36.6 Å². The van der Waals surface area contributed by atoms with E-state index in [-0.39, 0.29) is 23.5 Å². The molecule has 1 amide bonds. The molecule has 1 aliphatic rings. The molecule has 2 aromatic carbocycles. The van der Waals surface area contributed by atoms with Gasteiger partial charge in [0.2, 0.25) is 0 Å². The molecule has 3 nitrogen and oxygen atoms in total. The highest BCUT2D eigenvalue weighted by Crippen LogP contribution is 2.32. The van der Waals surface area contributed by atoms with Crippen LogP contribution in [0.4, 0.5) is 23.2 Å². The zero-order valence-electron chi connectivity index (χ0n) is 12.4. The molecule has 0 N–H and O–H groups in total. The summed E-state index contributed by atoms with van der Waals surface area (Å²) < 4.78 is 56.3. The first-order valence-corrected chi connectivity index (χ1v) is 7.31. The molecule has 7 heteroatoms. The zero-order valence-corrected chi connectivity index (χ0v) is 12.4. The highest BCUT2D eigenvalue weighted by molar-refractivity contribution is 6.08. The first kappa shape index (κ1) is 16.3. The van der Waals surface area contributed by atoms with Crippen LogP contribution in [0.25, 0.3) is 0 Å². The number of fused-ring (bicyclic) bond motifs is 1. The highest BCUT2D eigenvalue weighted by Gasteiger charge is 2.27. The van der Waals surface area contributed by atoms with Gasteiger partial charge < -0.3 is 9.64 Å². The second kappa shape index (κ2) is 6.51. The number of hydrogen-bond acceptors (Lipinski definition) is 2. The van der Waals surface area contributed by atoms with Gasteiger partial charge >= 0.3 is 6.61 Å². The molecule has 0 aromatic heterocycles. The van der Waals surface area contributed by atoms with Gasteiger partial charge in [0.15, 0.2) is 11.6 Å². The summed E-state index contributed by atoms with van der Waals surface area (Å²) in [5, 5.41) is 0. The van der Waals surface area contributed by atoms with Gasteiger partial charge in [0, 0.05) is 12.6 Å². The van der Waals surface area contributed by atoms with Crippen molar-refractivity contribution in [1.82, 2.24) is 0 Å². The molecule has 2 aromatic rings. The fourth-order valence-electron chi connectivity index (χ4n) is 2.78. The van der Waals surface area contributed by atoms with Gasteiger partial charge in [-0.3, -0.25) is 4.79 Å². The molecule has 0 atom stereocenters.